The fourth-order valence-corrected chi connectivity index (χ4v) is 2.46. The molecule has 0 bridgehead atoms. The monoisotopic (exact) mass is 213 g/mol. The van der Waals surface area contributed by atoms with Crippen molar-refractivity contribution in [1.29, 1.82) is 0 Å². The molecule has 0 aromatic carbocycles. The van der Waals surface area contributed by atoms with E-state index in [1.807, 2.05) is 6.07 Å². The zero-order valence-electron chi connectivity index (χ0n) is 8.27. The Morgan fingerprint density at radius 2 is 2.29 bits per heavy atom. The first kappa shape index (κ1) is 9.73. The molecule has 0 saturated carbocycles. The fraction of sp³-hybridized carbons (Fsp3) is 0.667. The Balaban J connectivity index is 1.95. The summed E-state index contributed by atoms with van der Waals surface area (Å²) in [6.45, 7) is 2.08. The minimum atomic E-state index is 0.427. The van der Waals surface area contributed by atoms with E-state index in [1.165, 1.54) is 16.5 Å². The number of nitrogens with two attached hydrogens (primary N) is 1. The van der Waals surface area contributed by atoms with E-state index in [0.717, 1.165) is 25.9 Å². The lowest BCUT2D eigenvalue weighted by Crippen LogP contribution is -2.36. The van der Waals surface area contributed by atoms with Crippen molar-refractivity contribution < 1.29 is 4.74 Å². The molecule has 1 aliphatic rings. The Labute approximate surface area is 87.8 Å². The number of nitrogens with zero attached hydrogens (tertiary/aromatic N) is 2. The van der Waals surface area contributed by atoms with Crippen LogP contribution in [0.15, 0.2) is 6.07 Å². The summed E-state index contributed by atoms with van der Waals surface area (Å²) in [6.07, 6.45) is 2.61. The number of methoxy groups -OCH3 is 1. The summed E-state index contributed by atoms with van der Waals surface area (Å²) in [5.41, 5.74) is 5.59. The first-order valence-electron chi connectivity index (χ1n) is 4.79. The van der Waals surface area contributed by atoms with Gasteiger partial charge in [0.15, 0.2) is 0 Å². The molecule has 2 heterocycles. The van der Waals surface area contributed by atoms with Crippen molar-refractivity contribution in [3.63, 3.8) is 0 Å². The lowest BCUT2D eigenvalue weighted by molar-refractivity contribution is 0.0820. The Kier molecular flexibility index (Phi) is 2.88. The summed E-state index contributed by atoms with van der Waals surface area (Å²) in [6, 6.07) is 1.94. The molecule has 0 spiro atoms. The first-order chi connectivity index (χ1) is 6.79. The Morgan fingerprint density at radius 3 is 2.79 bits per heavy atom. The third kappa shape index (κ3) is 1.99. The van der Waals surface area contributed by atoms with Crippen molar-refractivity contribution >= 4 is 22.4 Å². The number of aromatic nitrogens is 1. The average molecular weight is 213 g/mol. The van der Waals surface area contributed by atoms with E-state index in [1.54, 1.807) is 7.11 Å². The van der Waals surface area contributed by atoms with Gasteiger partial charge in [0.25, 0.3) is 0 Å². The molecule has 14 heavy (non-hydrogen) atoms. The lowest BCUT2D eigenvalue weighted by Gasteiger charge is -2.31. The van der Waals surface area contributed by atoms with Gasteiger partial charge in [-0.2, -0.15) is 4.37 Å². The van der Waals surface area contributed by atoms with Crippen LogP contribution < -0.4 is 10.6 Å². The van der Waals surface area contributed by atoms with Crippen LogP contribution in [0.2, 0.25) is 0 Å². The highest BCUT2D eigenvalue weighted by molar-refractivity contribution is 7.10. The summed E-state index contributed by atoms with van der Waals surface area (Å²) in [5, 5.41) is 1.18. The molecule has 1 aliphatic heterocycles. The summed E-state index contributed by atoms with van der Waals surface area (Å²) in [5.74, 6) is 0.624. The third-order valence-electron chi connectivity index (χ3n) is 2.60. The van der Waals surface area contributed by atoms with E-state index in [0.29, 0.717) is 11.9 Å². The molecule has 78 valence electrons. The maximum absolute atomic E-state index is 5.59. The maximum Gasteiger partial charge on any atom is 0.139 e. The highest BCUT2D eigenvalue weighted by Crippen LogP contribution is 2.26. The molecule has 1 fully saturated rings. The molecule has 0 unspecified atom stereocenters. The molecule has 2 rings (SSSR count). The van der Waals surface area contributed by atoms with Crippen LogP contribution in [0.25, 0.3) is 0 Å². The largest absolute Gasteiger partial charge is 0.383 e. The quantitative estimate of drug-likeness (QED) is 0.805. The van der Waals surface area contributed by atoms with Crippen LogP contribution in [0.1, 0.15) is 12.8 Å². The molecule has 1 aromatic heterocycles. The highest BCUT2D eigenvalue weighted by Gasteiger charge is 2.19. The van der Waals surface area contributed by atoms with Crippen molar-refractivity contribution in [1.82, 2.24) is 4.37 Å². The minimum Gasteiger partial charge on any atom is -0.383 e. The number of piperidine rings is 1. The second-order valence-corrected chi connectivity index (χ2v) is 4.30. The van der Waals surface area contributed by atoms with Crippen molar-refractivity contribution in [3.8, 4) is 0 Å². The molecule has 0 radical (unpaired) electrons. The van der Waals surface area contributed by atoms with Gasteiger partial charge in [0.2, 0.25) is 0 Å². The summed E-state index contributed by atoms with van der Waals surface area (Å²) in [7, 11) is 1.78. The number of hydrogen-bond acceptors (Lipinski definition) is 5. The van der Waals surface area contributed by atoms with Crippen molar-refractivity contribution in [3.05, 3.63) is 6.07 Å². The molecule has 4 nitrogen and oxygen atoms in total. The van der Waals surface area contributed by atoms with Gasteiger partial charge in [0.1, 0.15) is 10.8 Å². The predicted octanol–water partition coefficient (Wildman–Crippen LogP) is 1.34. The van der Waals surface area contributed by atoms with Gasteiger partial charge in [-0.3, -0.25) is 0 Å². The van der Waals surface area contributed by atoms with Gasteiger partial charge in [-0.05, 0) is 24.4 Å². The van der Waals surface area contributed by atoms with Gasteiger partial charge in [-0.1, -0.05) is 0 Å². The summed E-state index contributed by atoms with van der Waals surface area (Å²) >= 11 is 1.48. The fourth-order valence-electron chi connectivity index (χ4n) is 1.74. The van der Waals surface area contributed by atoms with Crippen LogP contribution in [0.5, 0.6) is 0 Å². The summed E-state index contributed by atoms with van der Waals surface area (Å²) in [4.78, 5) is 2.32. The van der Waals surface area contributed by atoms with Crippen LogP contribution in [0, 0.1) is 0 Å². The Hall–Kier alpha value is -0.810. The molecule has 5 heteroatoms. The number of nitrogen functional groups attached to an aromatic ring is 1. The van der Waals surface area contributed by atoms with Crippen LogP contribution >= 0.6 is 11.5 Å². The van der Waals surface area contributed by atoms with Gasteiger partial charge in [-0.25, -0.2) is 0 Å². The predicted molar refractivity (Wildman–Crippen MR) is 58.8 cm³/mol. The van der Waals surface area contributed by atoms with Gasteiger partial charge in [0, 0.05) is 26.3 Å². The van der Waals surface area contributed by atoms with E-state index >= 15 is 0 Å². The standard InChI is InChI=1S/C9H15N3OS/c1-13-7-2-4-12(5-3-7)9-6-8(10)11-14-9/h6-7H,2-5H2,1H3,(H2,10,11). The molecule has 1 aromatic rings. The molecule has 1 saturated heterocycles. The zero-order valence-corrected chi connectivity index (χ0v) is 9.09. The van der Waals surface area contributed by atoms with E-state index in [4.69, 9.17) is 10.5 Å². The van der Waals surface area contributed by atoms with E-state index in [9.17, 15) is 0 Å². The van der Waals surface area contributed by atoms with Crippen molar-refractivity contribution in [2.75, 3.05) is 30.8 Å². The number of hydrogen-bond donors (Lipinski definition) is 1. The number of rotatable bonds is 2. The first-order valence-corrected chi connectivity index (χ1v) is 5.57. The number of anilines is 2. The van der Waals surface area contributed by atoms with Crippen LogP contribution in [0.4, 0.5) is 10.8 Å². The van der Waals surface area contributed by atoms with E-state index in [-0.39, 0.29) is 0 Å². The SMILES string of the molecule is COC1CCN(c2cc(N)ns2)CC1. The zero-order chi connectivity index (χ0) is 9.97. The average Bonchev–Trinajstić information content (AvgIpc) is 2.65. The van der Waals surface area contributed by atoms with Crippen molar-refractivity contribution in [2.45, 2.75) is 18.9 Å². The Bertz CT molecular complexity index is 294. The number of ether oxygens (including phenoxy) is 1. The highest BCUT2D eigenvalue weighted by atomic mass is 32.1. The van der Waals surface area contributed by atoms with Gasteiger partial charge >= 0.3 is 0 Å². The van der Waals surface area contributed by atoms with E-state index < -0.39 is 0 Å². The minimum absolute atomic E-state index is 0.427. The molecule has 2 N–H and O–H groups in total. The molecule has 0 atom stereocenters. The van der Waals surface area contributed by atoms with Crippen LogP contribution in [0.3, 0.4) is 0 Å². The molecule has 0 amide bonds. The van der Waals surface area contributed by atoms with Crippen LogP contribution in [-0.2, 0) is 4.74 Å². The van der Waals surface area contributed by atoms with Gasteiger partial charge in [0.05, 0.1) is 6.10 Å². The second kappa shape index (κ2) is 4.14. The molecule has 0 aliphatic carbocycles. The maximum atomic E-state index is 5.59. The van der Waals surface area contributed by atoms with Gasteiger partial charge < -0.3 is 15.4 Å². The lowest BCUT2D eigenvalue weighted by atomic mass is 10.1. The topological polar surface area (TPSA) is 51.4 Å². The van der Waals surface area contributed by atoms with Gasteiger partial charge in [-0.15, -0.1) is 0 Å². The van der Waals surface area contributed by atoms with Crippen LogP contribution in [-0.4, -0.2) is 30.7 Å². The molecular formula is C9H15N3OS. The van der Waals surface area contributed by atoms with E-state index in [2.05, 4.69) is 9.27 Å². The summed E-state index contributed by atoms with van der Waals surface area (Å²) < 4.78 is 9.39. The smallest absolute Gasteiger partial charge is 0.139 e. The Morgan fingerprint density at radius 1 is 1.57 bits per heavy atom. The normalized spacial score (nSPS) is 18.8. The third-order valence-corrected chi connectivity index (χ3v) is 3.47. The second-order valence-electron chi connectivity index (χ2n) is 3.51. The van der Waals surface area contributed by atoms with Crippen molar-refractivity contribution in [2.24, 2.45) is 0 Å². The molecular weight excluding hydrogens is 198 g/mol.